The monoisotopic (exact) mass is 86.0 g/mol. The Labute approximate surface area is 44.7 Å². The predicted molar refractivity (Wildman–Crippen MR) is 32.9 cm³/mol. The molecular formula is C6H3B. The summed E-state index contributed by atoms with van der Waals surface area (Å²) in [6, 6.07) is 0. The van der Waals surface area contributed by atoms with E-state index in [0.717, 1.165) is 0 Å². The second-order valence-electron chi connectivity index (χ2n) is 0.769. The second-order valence-corrected chi connectivity index (χ2v) is 0.769. The summed E-state index contributed by atoms with van der Waals surface area (Å²) in [7, 11) is 1.71. The quantitative estimate of drug-likeness (QED) is 0.268. The Balaban J connectivity index is 3.68. The summed E-state index contributed by atoms with van der Waals surface area (Å²) in [5.74, 6) is 12.0. The van der Waals surface area contributed by atoms with Crippen molar-refractivity contribution in [2.75, 3.05) is 0 Å². The van der Waals surface area contributed by atoms with Crippen molar-refractivity contribution >= 4 is 7.85 Å². The molecule has 0 spiro atoms. The van der Waals surface area contributed by atoms with Gasteiger partial charge in [-0.3, -0.25) is 0 Å². The number of terminal acetylenes is 1. The number of hydrogen-bond acceptors (Lipinski definition) is 0. The molecule has 7 heavy (non-hydrogen) atoms. The molecule has 0 rings (SSSR count). The maximum Gasteiger partial charge on any atom is 0.196 e. The molecule has 0 bridgehead atoms. The third kappa shape index (κ3) is 4.74. The smallest absolute Gasteiger partial charge is 0.151 e. The van der Waals surface area contributed by atoms with Crippen LogP contribution in [-0.2, 0) is 0 Å². The third-order valence-corrected chi connectivity index (χ3v) is 0.322. The van der Waals surface area contributed by atoms with Gasteiger partial charge in [-0.2, -0.15) is 5.82 Å². The molecule has 0 aromatic heterocycles. The lowest BCUT2D eigenvalue weighted by Gasteiger charge is -1.49. The van der Waals surface area contributed by atoms with Crippen molar-refractivity contribution < 1.29 is 0 Å². The van der Waals surface area contributed by atoms with Crippen LogP contribution in [-0.4, -0.2) is 7.85 Å². The van der Waals surface area contributed by atoms with Gasteiger partial charge in [0, 0.05) is 0 Å². The van der Waals surface area contributed by atoms with E-state index in [0.29, 0.717) is 0 Å². The zero-order valence-corrected chi connectivity index (χ0v) is 4.08. The van der Waals surface area contributed by atoms with E-state index in [-0.39, 0.29) is 0 Å². The van der Waals surface area contributed by atoms with Gasteiger partial charge in [0.2, 0.25) is 0 Å². The van der Waals surface area contributed by atoms with Crippen LogP contribution in [0, 0.1) is 35.9 Å². The van der Waals surface area contributed by atoms with Crippen LogP contribution in [0.15, 0.2) is 0 Å². The Morgan fingerprint density at radius 2 is 1.86 bits per heavy atom. The predicted octanol–water partition coefficient (Wildman–Crippen LogP) is -0.783. The molecule has 1 heteroatoms. The second kappa shape index (κ2) is 4.74. The van der Waals surface area contributed by atoms with Gasteiger partial charge in [0.1, 0.15) is 0 Å². The Hall–Kier alpha value is -1.26. The lowest BCUT2D eigenvalue weighted by molar-refractivity contribution is 2.46. The van der Waals surface area contributed by atoms with Gasteiger partial charge in [0.15, 0.2) is 7.85 Å². The van der Waals surface area contributed by atoms with Gasteiger partial charge in [0.05, 0.1) is 0 Å². The van der Waals surface area contributed by atoms with Crippen molar-refractivity contribution in [3.8, 4) is 35.9 Å². The number of hydrogen-bond donors (Lipinski definition) is 0. The maximum atomic E-state index is 4.78. The van der Waals surface area contributed by atoms with Crippen molar-refractivity contribution in [1.29, 1.82) is 0 Å². The Morgan fingerprint density at radius 3 is 2.29 bits per heavy atom. The molecule has 30 valence electrons. The summed E-state index contributed by atoms with van der Waals surface area (Å²) in [6.45, 7) is 0. The average molecular weight is 85.9 g/mol. The molecule has 0 nitrogen and oxygen atoms in total. The molecule has 0 saturated heterocycles. The first kappa shape index (κ1) is 5.74. The van der Waals surface area contributed by atoms with Gasteiger partial charge in [-0.05, 0) is 23.7 Å². The fraction of sp³-hybridized carbons (Fsp3) is 0. The Morgan fingerprint density at radius 1 is 1.14 bits per heavy atom. The molecule has 0 N–H and O–H groups in total. The van der Waals surface area contributed by atoms with E-state index in [2.05, 4.69) is 29.5 Å². The largest absolute Gasteiger partial charge is 0.196 e. The molecular weight excluding hydrogens is 82.9 g/mol. The van der Waals surface area contributed by atoms with Crippen molar-refractivity contribution in [2.24, 2.45) is 0 Å². The summed E-state index contributed by atoms with van der Waals surface area (Å²) in [5.41, 5.74) is 0. The fourth-order valence-electron chi connectivity index (χ4n) is 0.130. The van der Waals surface area contributed by atoms with E-state index >= 15 is 0 Å². The summed E-state index contributed by atoms with van der Waals surface area (Å²) < 4.78 is 0. The minimum atomic E-state index is 1.71. The van der Waals surface area contributed by atoms with Gasteiger partial charge in [-0.25, -0.2) is 0 Å². The van der Waals surface area contributed by atoms with Crippen LogP contribution in [0.25, 0.3) is 0 Å². The lowest BCUT2D eigenvalue weighted by Crippen LogP contribution is -1.50. The molecule has 0 aliphatic rings. The summed E-state index contributed by atoms with van der Waals surface area (Å²) >= 11 is 0. The highest BCUT2D eigenvalue weighted by Gasteiger charge is 1.45. The van der Waals surface area contributed by atoms with Crippen LogP contribution in [0.5, 0.6) is 0 Å². The van der Waals surface area contributed by atoms with Crippen LogP contribution < -0.4 is 0 Å². The molecule has 0 fully saturated rings. The Kier molecular flexibility index (Phi) is 3.89. The molecule has 0 atom stereocenters. The standard InChI is InChI=1S/C6H3B/c1-2-3-4-5-6-7/h1H,7H2. The molecule has 0 aliphatic heterocycles. The van der Waals surface area contributed by atoms with E-state index in [1.165, 1.54) is 0 Å². The molecule has 0 aliphatic carbocycles. The zero-order valence-electron chi connectivity index (χ0n) is 4.08. The summed E-state index contributed by atoms with van der Waals surface area (Å²) in [6.07, 6.45) is 4.78. The zero-order chi connectivity index (χ0) is 5.54. The lowest BCUT2D eigenvalue weighted by atomic mass is 10.2. The first-order valence-corrected chi connectivity index (χ1v) is 1.79. The fourth-order valence-corrected chi connectivity index (χ4v) is 0.130. The van der Waals surface area contributed by atoms with Gasteiger partial charge in [-0.1, -0.05) is 0 Å². The third-order valence-electron chi connectivity index (χ3n) is 0.322. The normalized spacial score (nSPS) is 3.29. The average Bonchev–Trinajstić information content (AvgIpc) is 1.69. The molecule has 0 aromatic carbocycles. The van der Waals surface area contributed by atoms with Gasteiger partial charge in [0.25, 0.3) is 0 Å². The van der Waals surface area contributed by atoms with Crippen LogP contribution >= 0.6 is 0 Å². The van der Waals surface area contributed by atoms with Crippen LogP contribution in [0.4, 0.5) is 0 Å². The van der Waals surface area contributed by atoms with E-state index in [9.17, 15) is 0 Å². The molecule has 0 saturated carbocycles. The molecule has 0 heterocycles. The van der Waals surface area contributed by atoms with Crippen molar-refractivity contribution in [2.45, 2.75) is 0 Å². The van der Waals surface area contributed by atoms with E-state index in [1.54, 1.807) is 7.85 Å². The van der Waals surface area contributed by atoms with E-state index in [1.807, 2.05) is 0 Å². The summed E-state index contributed by atoms with van der Waals surface area (Å²) in [4.78, 5) is 0. The van der Waals surface area contributed by atoms with E-state index < -0.39 is 0 Å². The SMILES string of the molecule is BC#CC#CC#C. The molecule has 0 aromatic rings. The summed E-state index contributed by atoms with van der Waals surface area (Å²) in [5, 5.41) is 0. The molecule has 0 amide bonds. The van der Waals surface area contributed by atoms with Crippen molar-refractivity contribution in [3.05, 3.63) is 0 Å². The van der Waals surface area contributed by atoms with E-state index in [4.69, 9.17) is 6.42 Å². The van der Waals surface area contributed by atoms with Gasteiger partial charge >= 0.3 is 0 Å². The minimum Gasteiger partial charge on any atom is -0.151 e. The van der Waals surface area contributed by atoms with Crippen molar-refractivity contribution in [1.82, 2.24) is 0 Å². The van der Waals surface area contributed by atoms with Crippen LogP contribution in [0.1, 0.15) is 0 Å². The Bertz CT molecular complexity index is 186. The van der Waals surface area contributed by atoms with Crippen molar-refractivity contribution in [3.63, 3.8) is 0 Å². The maximum absolute atomic E-state index is 4.78. The minimum absolute atomic E-state index is 1.71. The topological polar surface area (TPSA) is 0 Å². The highest BCUT2D eigenvalue weighted by Crippen LogP contribution is 1.46. The molecule has 0 unspecified atom stereocenters. The highest BCUT2D eigenvalue weighted by molar-refractivity contribution is 6.22. The first-order chi connectivity index (χ1) is 3.41. The molecule has 0 radical (unpaired) electrons. The van der Waals surface area contributed by atoms with Gasteiger partial charge < -0.3 is 0 Å². The highest BCUT2D eigenvalue weighted by atomic mass is 13.5. The van der Waals surface area contributed by atoms with Crippen LogP contribution in [0.2, 0.25) is 0 Å². The van der Waals surface area contributed by atoms with Crippen LogP contribution in [0.3, 0.4) is 0 Å². The number of rotatable bonds is 0. The van der Waals surface area contributed by atoms with Gasteiger partial charge in [-0.15, -0.1) is 6.42 Å². The first-order valence-electron chi connectivity index (χ1n) is 1.79.